The number of rotatable bonds is 6. The van der Waals surface area contributed by atoms with Gasteiger partial charge in [-0.25, -0.2) is 0 Å². The standard InChI is InChI=1S/C15H20O4/c16-15(17)9-12-1-3-13(4-2-12)10-19-11-14-5-7-18-8-6-14/h1-4,14H,5-11H2,(H,16,17). The van der Waals surface area contributed by atoms with Crippen LogP contribution in [0.2, 0.25) is 0 Å². The first-order valence-corrected chi connectivity index (χ1v) is 6.69. The molecule has 104 valence electrons. The van der Waals surface area contributed by atoms with Crippen molar-refractivity contribution >= 4 is 5.97 Å². The van der Waals surface area contributed by atoms with Crippen LogP contribution < -0.4 is 0 Å². The topological polar surface area (TPSA) is 55.8 Å². The van der Waals surface area contributed by atoms with E-state index in [1.807, 2.05) is 24.3 Å². The van der Waals surface area contributed by atoms with E-state index in [0.717, 1.165) is 43.8 Å². The van der Waals surface area contributed by atoms with Gasteiger partial charge in [-0.15, -0.1) is 0 Å². The van der Waals surface area contributed by atoms with E-state index in [1.54, 1.807) is 0 Å². The Morgan fingerprint density at radius 1 is 1.21 bits per heavy atom. The lowest BCUT2D eigenvalue weighted by molar-refractivity contribution is -0.136. The molecule has 2 rings (SSSR count). The maximum atomic E-state index is 10.6. The highest BCUT2D eigenvalue weighted by atomic mass is 16.5. The maximum Gasteiger partial charge on any atom is 0.307 e. The first-order valence-electron chi connectivity index (χ1n) is 6.69. The molecule has 0 unspecified atom stereocenters. The zero-order valence-corrected chi connectivity index (χ0v) is 11.0. The van der Waals surface area contributed by atoms with Crippen LogP contribution in [0.4, 0.5) is 0 Å². The van der Waals surface area contributed by atoms with Crippen molar-refractivity contribution < 1.29 is 19.4 Å². The Labute approximate surface area is 113 Å². The molecule has 0 spiro atoms. The lowest BCUT2D eigenvalue weighted by Crippen LogP contribution is -2.20. The third kappa shape index (κ3) is 5.01. The van der Waals surface area contributed by atoms with Crippen LogP contribution in [0.15, 0.2) is 24.3 Å². The first kappa shape index (κ1) is 14.0. The highest BCUT2D eigenvalue weighted by molar-refractivity contribution is 5.70. The number of aliphatic carboxylic acids is 1. The fourth-order valence-corrected chi connectivity index (χ4v) is 2.18. The molecule has 1 aliphatic heterocycles. The lowest BCUT2D eigenvalue weighted by atomic mass is 10.0. The van der Waals surface area contributed by atoms with E-state index in [9.17, 15) is 4.79 Å². The summed E-state index contributed by atoms with van der Waals surface area (Å²) >= 11 is 0. The average molecular weight is 264 g/mol. The minimum atomic E-state index is -0.802. The van der Waals surface area contributed by atoms with Gasteiger partial charge < -0.3 is 14.6 Å². The number of carboxylic acids is 1. The van der Waals surface area contributed by atoms with E-state index in [-0.39, 0.29) is 6.42 Å². The van der Waals surface area contributed by atoms with Crippen LogP contribution in [0.1, 0.15) is 24.0 Å². The summed E-state index contributed by atoms with van der Waals surface area (Å²) in [6.45, 7) is 3.06. The fourth-order valence-electron chi connectivity index (χ4n) is 2.18. The van der Waals surface area contributed by atoms with Gasteiger partial charge in [-0.1, -0.05) is 24.3 Å². The molecular weight excluding hydrogens is 244 g/mol. The normalized spacial score (nSPS) is 16.4. The summed E-state index contributed by atoms with van der Waals surface area (Å²) in [5.41, 5.74) is 1.90. The molecule has 1 aliphatic rings. The lowest BCUT2D eigenvalue weighted by Gasteiger charge is -2.21. The Morgan fingerprint density at radius 2 is 1.84 bits per heavy atom. The molecule has 1 fully saturated rings. The summed E-state index contributed by atoms with van der Waals surface area (Å²) < 4.78 is 11.0. The summed E-state index contributed by atoms with van der Waals surface area (Å²) in [4.78, 5) is 10.6. The molecule has 0 amide bonds. The van der Waals surface area contributed by atoms with E-state index in [2.05, 4.69) is 0 Å². The molecule has 1 heterocycles. The Morgan fingerprint density at radius 3 is 2.47 bits per heavy atom. The van der Waals surface area contributed by atoms with Crippen molar-refractivity contribution in [2.45, 2.75) is 25.9 Å². The van der Waals surface area contributed by atoms with Crippen LogP contribution >= 0.6 is 0 Å². The van der Waals surface area contributed by atoms with E-state index in [1.165, 1.54) is 0 Å². The van der Waals surface area contributed by atoms with Gasteiger partial charge >= 0.3 is 5.97 Å². The predicted molar refractivity (Wildman–Crippen MR) is 71.0 cm³/mol. The summed E-state index contributed by atoms with van der Waals surface area (Å²) in [6, 6.07) is 7.56. The van der Waals surface area contributed by atoms with Gasteiger partial charge in [-0.05, 0) is 29.9 Å². The minimum Gasteiger partial charge on any atom is -0.481 e. The van der Waals surface area contributed by atoms with Crippen LogP contribution in [0.25, 0.3) is 0 Å². The minimum absolute atomic E-state index is 0.0726. The number of hydrogen-bond donors (Lipinski definition) is 1. The molecule has 0 atom stereocenters. The highest BCUT2D eigenvalue weighted by Crippen LogP contribution is 2.15. The molecule has 1 saturated heterocycles. The van der Waals surface area contributed by atoms with Gasteiger partial charge in [0.15, 0.2) is 0 Å². The van der Waals surface area contributed by atoms with E-state index in [4.69, 9.17) is 14.6 Å². The van der Waals surface area contributed by atoms with E-state index >= 15 is 0 Å². The molecule has 4 nitrogen and oxygen atoms in total. The molecule has 4 heteroatoms. The molecule has 0 radical (unpaired) electrons. The molecule has 19 heavy (non-hydrogen) atoms. The van der Waals surface area contributed by atoms with Crippen molar-refractivity contribution in [1.82, 2.24) is 0 Å². The second kappa shape index (κ2) is 7.26. The summed E-state index contributed by atoms with van der Waals surface area (Å²) in [5.74, 6) is -0.191. The number of carboxylic acid groups (broad SMARTS) is 1. The summed E-state index contributed by atoms with van der Waals surface area (Å²) in [7, 11) is 0. The number of benzene rings is 1. The Bertz CT molecular complexity index is 393. The molecule has 0 aromatic heterocycles. The Hall–Kier alpha value is -1.39. The van der Waals surface area contributed by atoms with E-state index < -0.39 is 5.97 Å². The second-order valence-corrected chi connectivity index (χ2v) is 4.96. The van der Waals surface area contributed by atoms with Gasteiger partial charge in [0.2, 0.25) is 0 Å². The monoisotopic (exact) mass is 264 g/mol. The SMILES string of the molecule is O=C(O)Cc1ccc(COCC2CCOCC2)cc1. The molecule has 0 bridgehead atoms. The van der Waals surface area contributed by atoms with Gasteiger partial charge in [0.05, 0.1) is 19.6 Å². The largest absolute Gasteiger partial charge is 0.481 e. The first-order chi connectivity index (χ1) is 9.24. The highest BCUT2D eigenvalue weighted by Gasteiger charge is 2.13. The molecule has 0 aliphatic carbocycles. The van der Waals surface area contributed by atoms with Crippen molar-refractivity contribution in [3.8, 4) is 0 Å². The van der Waals surface area contributed by atoms with Gasteiger partial charge in [0.25, 0.3) is 0 Å². The average Bonchev–Trinajstić information content (AvgIpc) is 2.41. The van der Waals surface area contributed by atoms with Crippen LogP contribution in [0.3, 0.4) is 0 Å². The molecule has 0 saturated carbocycles. The van der Waals surface area contributed by atoms with Crippen LogP contribution in [0.5, 0.6) is 0 Å². The molecule has 1 N–H and O–H groups in total. The Kier molecular flexibility index (Phi) is 5.36. The third-order valence-electron chi connectivity index (χ3n) is 3.34. The van der Waals surface area contributed by atoms with Crippen molar-refractivity contribution in [3.63, 3.8) is 0 Å². The number of carbonyl (C=O) groups is 1. The number of ether oxygens (including phenoxy) is 2. The zero-order chi connectivity index (χ0) is 13.5. The van der Waals surface area contributed by atoms with Crippen LogP contribution in [-0.4, -0.2) is 30.9 Å². The van der Waals surface area contributed by atoms with Gasteiger partial charge in [-0.3, -0.25) is 4.79 Å². The quantitative estimate of drug-likeness (QED) is 0.856. The third-order valence-corrected chi connectivity index (χ3v) is 3.34. The van der Waals surface area contributed by atoms with Crippen molar-refractivity contribution in [2.75, 3.05) is 19.8 Å². The summed E-state index contributed by atoms with van der Waals surface area (Å²) in [6.07, 6.45) is 2.23. The number of hydrogen-bond acceptors (Lipinski definition) is 3. The predicted octanol–water partition coefficient (Wildman–Crippen LogP) is 2.26. The van der Waals surface area contributed by atoms with Crippen molar-refractivity contribution in [3.05, 3.63) is 35.4 Å². The zero-order valence-electron chi connectivity index (χ0n) is 11.0. The molecule has 1 aromatic carbocycles. The second-order valence-electron chi connectivity index (χ2n) is 4.96. The smallest absolute Gasteiger partial charge is 0.307 e. The van der Waals surface area contributed by atoms with E-state index in [0.29, 0.717) is 12.5 Å². The van der Waals surface area contributed by atoms with Crippen molar-refractivity contribution in [2.24, 2.45) is 5.92 Å². The fraction of sp³-hybridized carbons (Fsp3) is 0.533. The van der Waals surface area contributed by atoms with Gasteiger partial charge in [0, 0.05) is 13.2 Å². The summed E-state index contributed by atoms with van der Waals surface area (Å²) in [5, 5.41) is 8.69. The van der Waals surface area contributed by atoms with Crippen LogP contribution in [0, 0.1) is 5.92 Å². The van der Waals surface area contributed by atoms with Gasteiger partial charge in [-0.2, -0.15) is 0 Å². The molecule has 1 aromatic rings. The maximum absolute atomic E-state index is 10.6. The van der Waals surface area contributed by atoms with Crippen LogP contribution in [-0.2, 0) is 27.3 Å². The van der Waals surface area contributed by atoms with Gasteiger partial charge in [0.1, 0.15) is 0 Å². The Balaban J connectivity index is 1.71. The molecular formula is C15H20O4. The van der Waals surface area contributed by atoms with Crippen molar-refractivity contribution in [1.29, 1.82) is 0 Å².